The Bertz CT molecular complexity index is 288. The Balaban J connectivity index is 0.000000241. The average molecular weight is 200 g/mol. The fourth-order valence-electron chi connectivity index (χ4n) is 0.488. The van der Waals surface area contributed by atoms with Gasteiger partial charge in [0.1, 0.15) is 6.42 Å². The van der Waals surface area contributed by atoms with Gasteiger partial charge in [0.25, 0.3) is 0 Å². The summed E-state index contributed by atoms with van der Waals surface area (Å²) >= 11 is 0. The summed E-state index contributed by atoms with van der Waals surface area (Å²) in [4.78, 5) is 28.6. The van der Waals surface area contributed by atoms with E-state index in [4.69, 9.17) is 10.2 Å². The van der Waals surface area contributed by atoms with Gasteiger partial charge in [-0.05, 0) is 12.1 Å². The number of aldehydes is 1. The fraction of sp³-hybridized carbons (Fsp3) is 0.125. The summed E-state index contributed by atoms with van der Waals surface area (Å²) in [7, 11) is 0. The molecule has 2 N–H and O–H groups in total. The van der Waals surface area contributed by atoms with Crippen LogP contribution in [0.1, 0.15) is 17.0 Å². The molecule has 0 aliphatic rings. The molecule has 0 aliphatic heterocycles. The van der Waals surface area contributed by atoms with Crippen LogP contribution in [0.5, 0.6) is 0 Å². The maximum Gasteiger partial charge on any atom is 0.314 e. The van der Waals surface area contributed by atoms with Gasteiger partial charge in [-0.3, -0.25) is 14.4 Å². The van der Waals surface area contributed by atoms with Gasteiger partial charge >= 0.3 is 11.9 Å². The van der Waals surface area contributed by atoms with Crippen LogP contribution in [0.2, 0.25) is 0 Å². The number of hydrogen-bond acceptors (Lipinski definition) is 4. The minimum absolute atomic E-state index is 0.375. The highest BCUT2D eigenvalue weighted by Gasteiger charge is 2.01. The minimum atomic E-state index is -1.31. The van der Waals surface area contributed by atoms with E-state index in [2.05, 4.69) is 4.42 Å². The number of carboxylic acid groups (broad SMARTS) is 2. The van der Waals surface area contributed by atoms with Gasteiger partial charge in [0, 0.05) is 0 Å². The van der Waals surface area contributed by atoms with Crippen LogP contribution in [0.25, 0.3) is 0 Å². The number of furan rings is 1. The Hall–Kier alpha value is -2.11. The largest absolute Gasteiger partial charge is 0.481 e. The molecule has 0 bridgehead atoms. The second kappa shape index (κ2) is 6.41. The van der Waals surface area contributed by atoms with Crippen LogP contribution < -0.4 is 0 Å². The third kappa shape index (κ3) is 6.59. The maximum absolute atomic E-state index is 9.77. The lowest BCUT2D eigenvalue weighted by atomic mass is 10.5. The van der Waals surface area contributed by atoms with Crippen LogP contribution in [0.3, 0.4) is 0 Å². The van der Waals surface area contributed by atoms with E-state index >= 15 is 0 Å². The zero-order valence-corrected chi connectivity index (χ0v) is 7.04. The molecule has 0 atom stereocenters. The van der Waals surface area contributed by atoms with E-state index in [1.165, 1.54) is 6.26 Å². The van der Waals surface area contributed by atoms with Gasteiger partial charge in [0.15, 0.2) is 12.0 Å². The summed E-state index contributed by atoms with van der Waals surface area (Å²) in [6.07, 6.45) is 1.32. The Morgan fingerprint density at radius 1 is 1.36 bits per heavy atom. The van der Waals surface area contributed by atoms with Crippen LogP contribution in [-0.4, -0.2) is 28.4 Å². The number of hydrogen-bond donors (Lipinski definition) is 2. The molecule has 0 spiro atoms. The first-order valence-corrected chi connectivity index (χ1v) is 3.48. The second-order valence-corrected chi connectivity index (χ2v) is 2.10. The number of carbonyl (C=O) groups is 3. The summed E-state index contributed by atoms with van der Waals surface area (Å²) in [5, 5.41) is 15.4. The highest BCUT2D eigenvalue weighted by atomic mass is 16.4. The topological polar surface area (TPSA) is 105 Å². The van der Waals surface area contributed by atoms with Crippen molar-refractivity contribution in [2.24, 2.45) is 0 Å². The van der Waals surface area contributed by atoms with Crippen LogP contribution in [0.15, 0.2) is 22.8 Å². The van der Waals surface area contributed by atoms with Crippen LogP contribution >= 0.6 is 0 Å². The number of rotatable bonds is 3. The van der Waals surface area contributed by atoms with Crippen molar-refractivity contribution in [3.05, 3.63) is 24.2 Å². The molecule has 0 saturated heterocycles. The van der Waals surface area contributed by atoms with Crippen molar-refractivity contribution >= 4 is 18.2 Å². The Morgan fingerprint density at radius 2 is 1.93 bits per heavy atom. The molecule has 0 amide bonds. The molecule has 0 aromatic carbocycles. The van der Waals surface area contributed by atoms with E-state index in [1.54, 1.807) is 12.1 Å². The van der Waals surface area contributed by atoms with Gasteiger partial charge in [-0.1, -0.05) is 0 Å². The lowest BCUT2D eigenvalue weighted by Crippen LogP contribution is -2.03. The van der Waals surface area contributed by atoms with Gasteiger partial charge in [0.05, 0.1) is 6.26 Å². The molecule has 1 aromatic heterocycles. The molecule has 0 unspecified atom stereocenters. The summed E-state index contributed by atoms with van der Waals surface area (Å²) in [6, 6.07) is 3.27. The smallest absolute Gasteiger partial charge is 0.314 e. The van der Waals surface area contributed by atoms with Gasteiger partial charge in [-0.25, -0.2) is 0 Å². The van der Waals surface area contributed by atoms with Crippen molar-refractivity contribution in [3.8, 4) is 0 Å². The molecule has 1 rings (SSSR count). The quantitative estimate of drug-likeness (QED) is 0.547. The van der Waals surface area contributed by atoms with Crippen LogP contribution in [0.4, 0.5) is 0 Å². The third-order valence-corrected chi connectivity index (χ3v) is 0.962. The molecular weight excluding hydrogens is 192 g/mol. The standard InChI is InChI=1S/C5H4O2.C3H4O4/c6-4-5-2-1-3-7-5;4-2(5)1-3(6)7/h1-4H;1H2,(H,4,5)(H,6,7). The van der Waals surface area contributed by atoms with Crippen molar-refractivity contribution in [2.75, 3.05) is 0 Å². The number of aliphatic carboxylic acids is 2. The summed E-state index contributed by atoms with van der Waals surface area (Å²) in [5.74, 6) is -2.25. The fourth-order valence-corrected chi connectivity index (χ4v) is 0.488. The van der Waals surface area contributed by atoms with E-state index in [9.17, 15) is 14.4 Å². The third-order valence-electron chi connectivity index (χ3n) is 0.962. The molecule has 1 heterocycles. The lowest BCUT2D eigenvalue weighted by molar-refractivity contribution is -0.147. The van der Waals surface area contributed by atoms with Gasteiger partial charge in [0.2, 0.25) is 0 Å². The van der Waals surface area contributed by atoms with Gasteiger partial charge < -0.3 is 14.6 Å². The molecule has 0 fully saturated rings. The van der Waals surface area contributed by atoms with E-state index in [0.29, 0.717) is 12.0 Å². The zero-order valence-electron chi connectivity index (χ0n) is 7.04. The molecule has 6 nitrogen and oxygen atoms in total. The highest BCUT2D eigenvalue weighted by molar-refractivity contribution is 5.88. The van der Waals surface area contributed by atoms with E-state index in [-0.39, 0.29) is 0 Å². The Labute approximate surface area is 78.8 Å². The van der Waals surface area contributed by atoms with Crippen molar-refractivity contribution < 1.29 is 29.0 Å². The molecule has 0 aliphatic carbocycles. The second-order valence-electron chi connectivity index (χ2n) is 2.10. The van der Waals surface area contributed by atoms with Crippen molar-refractivity contribution in [2.45, 2.75) is 6.42 Å². The molecule has 0 saturated carbocycles. The summed E-state index contributed by atoms with van der Waals surface area (Å²) in [5.41, 5.74) is 0. The van der Waals surface area contributed by atoms with Gasteiger partial charge in [-0.2, -0.15) is 0 Å². The minimum Gasteiger partial charge on any atom is -0.481 e. The van der Waals surface area contributed by atoms with Crippen molar-refractivity contribution in [3.63, 3.8) is 0 Å². The Kier molecular flexibility index (Phi) is 5.44. The first-order valence-electron chi connectivity index (χ1n) is 3.48. The van der Waals surface area contributed by atoms with Crippen molar-refractivity contribution in [1.29, 1.82) is 0 Å². The number of carbonyl (C=O) groups excluding carboxylic acids is 1. The lowest BCUT2D eigenvalue weighted by Gasteiger charge is -1.80. The summed E-state index contributed by atoms with van der Waals surface area (Å²) in [6.45, 7) is 0. The molecule has 76 valence electrons. The zero-order chi connectivity index (χ0) is 11.0. The molecular formula is C8H8O6. The average Bonchev–Trinajstić information content (AvgIpc) is 2.53. The molecule has 1 aromatic rings. The van der Waals surface area contributed by atoms with E-state index < -0.39 is 18.4 Å². The monoisotopic (exact) mass is 200 g/mol. The number of carboxylic acids is 2. The van der Waals surface area contributed by atoms with Crippen molar-refractivity contribution in [1.82, 2.24) is 0 Å². The van der Waals surface area contributed by atoms with E-state index in [1.807, 2.05) is 0 Å². The first kappa shape index (κ1) is 11.9. The predicted molar refractivity (Wildman–Crippen MR) is 44.0 cm³/mol. The molecule has 6 heteroatoms. The van der Waals surface area contributed by atoms with Crippen LogP contribution in [-0.2, 0) is 9.59 Å². The SMILES string of the molecule is O=C(O)CC(=O)O.O=Cc1ccco1. The van der Waals surface area contributed by atoms with Gasteiger partial charge in [-0.15, -0.1) is 0 Å². The normalized spacial score (nSPS) is 8.29. The first-order chi connectivity index (χ1) is 6.56. The molecule has 0 radical (unpaired) electrons. The van der Waals surface area contributed by atoms with Crippen LogP contribution in [0, 0.1) is 0 Å². The highest BCUT2D eigenvalue weighted by Crippen LogP contribution is 1.92. The Morgan fingerprint density at radius 3 is 2.07 bits per heavy atom. The molecule has 14 heavy (non-hydrogen) atoms. The van der Waals surface area contributed by atoms with E-state index in [0.717, 1.165) is 0 Å². The summed E-state index contributed by atoms with van der Waals surface area (Å²) < 4.78 is 4.61. The maximum atomic E-state index is 9.77. The predicted octanol–water partition coefficient (Wildman–Crippen LogP) is 0.638.